The molecule has 1 heterocycles. The van der Waals surface area contributed by atoms with E-state index < -0.39 is 0 Å². The predicted octanol–water partition coefficient (Wildman–Crippen LogP) is 0.311. The van der Waals surface area contributed by atoms with Crippen molar-refractivity contribution in [1.82, 2.24) is 10.3 Å². The Hall–Kier alpha value is -1.93. The van der Waals surface area contributed by atoms with Crippen molar-refractivity contribution in [2.45, 2.75) is 6.92 Å². The van der Waals surface area contributed by atoms with Crippen molar-refractivity contribution in [2.24, 2.45) is 5.92 Å². The second-order valence-corrected chi connectivity index (χ2v) is 3.54. The Labute approximate surface area is 93.7 Å². The number of carbonyl (C=O) groups is 1. The van der Waals surface area contributed by atoms with Crippen LogP contribution in [0.25, 0.3) is 0 Å². The molecule has 0 aliphatic rings. The van der Waals surface area contributed by atoms with Crippen LogP contribution in [0.1, 0.15) is 23.0 Å². The molecule has 0 fully saturated rings. The highest BCUT2D eigenvalue weighted by atomic mass is 16.3. The summed E-state index contributed by atoms with van der Waals surface area (Å²) in [6.45, 7) is 2.25. The maximum absolute atomic E-state index is 11.5. The molecule has 1 atom stereocenters. The number of aromatic nitrogens is 1. The normalized spacial score (nSPS) is 11.6. The number of nitriles is 1. The monoisotopic (exact) mass is 219 g/mol. The van der Waals surface area contributed by atoms with Crippen LogP contribution in [0.3, 0.4) is 0 Å². The van der Waals surface area contributed by atoms with E-state index in [9.17, 15) is 4.79 Å². The molecule has 16 heavy (non-hydrogen) atoms. The van der Waals surface area contributed by atoms with Gasteiger partial charge in [-0.3, -0.25) is 4.79 Å². The summed E-state index contributed by atoms with van der Waals surface area (Å²) in [7, 11) is 0. The first-order valence-corrected chi connectivity index (χ1v) is 4.92. The quantitative estimate of drug-likeness (QED) is 0.763. The molecular weight excluding hydrogens is 206 g/mol. The number of hydrogen-bond donors (Lipinski definition) is 2. The van der Waals surface area contributed by atoms with Gasteiger partial charge in [0.2, 0.25) is 0 Å². The summed E-state index contributed by atoms with van der Waals surface area (Å²) >= 11 is 0. The second kappa shape index (κ2) is 5.83. The number of hydrogen-bond acceptors (Lipinski definition) is 4. The molecule has 0 radical (unpaired) electrons. The molecule has 0 bridgehead atoms. The minimum Gasteiger partial charge on any atom is -0.396 e. The van der Waals surface area contributed by atoms with E-state index in [0.29, 0.717) is 12.1 Å². The zero-order valence-corrected chi connectivity index (χ0v) is 8.97. The van der Waals surface area contributed by atoms with Gasteiger partial charge in [-0.25, -0.2) is 4.98 Å². The Kier molecular flexibility index (Phi) is 4.42. The molecule has 1 unspecified atom stereocenters. The average molecular weight is 219 g/mol. The number of nitrogens with one attached hydrogen (secondary N) is 1. The summed E-state index contributed by atoms with van der Waals surface area (Å²) in [4.78, 5) is 15.4. The maximum atomic E-state index is 11.5. The highest BCUT2D eigenvalue weighted by Gasteiger charge is 2.08. The Balaban J connectivity index is 2.57. The van der Waals surface area contributed by atoms with Crippen molar-refractivity contribution >= 4 is 5.91 Å². The molecule has 0 saturated carbocycles. The van der Waals surface area contributed by atoms with Gasteiger partial charge in [0.05, 0.1) is 5.56 Å². The molecule has 1 rings (SSSR count). The van der Waals surface area contributed by atoms with Gasteiger partial charge in [-0.1, -0.05) is 6.92 Å². The molecule has 0 spiro atoms. The number of amides is 1. The van der Waals surface area contributed by atoms with Crippen LogP contribution < -0.4 is 5.32 Å². The minimum absolute atomic E-state index is 0.0160. The van der Waals surface area contributed by atoms with Gasteiger partial charge in [0.15, 0.2) is 0 Å². The van der Waals surface area contributed by atoms with Crippen LogP contribution in [-0.2, 0) is 0 Å². The first kappa shape index (κ1) is 12.1. The van der Waals surface area contributed by atoms with E-state index in [1.165, 1.54) is 18.3 Å². The van der Waals surface area contributed by atoms with Gasteiger partial charge in [-0.2, -0.15) is 5.26 Å². The van der Waals surface area contributed by atoms with Gasteiger partial charge in [0, 0.05) is 19.3 Å². The van der Waals surface area contributed by atoms with Gasteiger partial charge in [0.25, 0.3) is 5.91 Å². The van der Waals surface area contributed by atoms with Crippen LogP contribution in [0.2, 0.25) is 0 Å². The van der Waals surface area contributed by atoms with Gasteiger partial charge in [0.1, 0.15) is 11.8 Å². The Morgan fingerprint density at radius 3 is 2.94 bits per heavy atom. The van der Waals surface area contributed by atoms with Crippen molar-refractivity contribution in [3.8, 4) is 6.07 Å². The molecule has 84 valence electrons. The average Bonchev–Trinajstić information content (AvgIpc) is 2.35. The van der Waals surface area contributed by atoms with E-state index in [1.54, 1.807) is 0 Å². The summed E-state index contributed by atoms with van der Waals surface area (Å²) in [5.74, 6) is -0.285. The Morgan fingerprint density at radius 2 is 2.44 bits per heavy atom. The van der Waals surface area contributed by atoms with Crippen molar-refractivity contribution in [1.29, 1.82) is 5.26 Å². The van der Waals surface area contributed by atoms with Crippen LogP contribution in [0.4, 0.5) is 0 Å². The number of nitrogens with zero attached hydrogens (tertiary/aromatic N) is 2. The van der Waals surface area contributed by atoms with Crippen LogP contribution >= 0.6 is 0 Å². The standard InChI is InChI=1S/C11H13N3O2/c1-8(7-15)5-14-11(16)10-3-2-9(4-12)6-13-10/h2-3,6,8,15H,5,7H2,1H3,(H,14,16). The van der Waals surface area contributed by atoms with Crippen molar-refractivity contribution in [2.75, 3.05) is 13.2 Å². The zero-order valence-electron chi connectivity index (χ0n) is 8.97. The zero-order chi connectivity index (χ0) is 12.0. The van der Waals surface area contributed by atoms with Crippen LogP contribution in [0, 0.1) is 17.2 Å². The molecule has 0 aliphatic heterocycles. The predicted molar refractivity (Wildman–Crippen MR) is 57.5 cm³/mol. The largest absolute Gasteiger partial charge is 0.396 e. The lowest BCUT2D eigenvalue weighted by Gasteiger charge is -2.08. The van der Waals surface area contributed by atoms with Gasteiger partial charge >= 0.3 is 0 Å². The van der Waals surface area contributed by atoms with E-state index in [4.69, 9.17) is 10.4 Å². The van der Waals surface area contributed by atoms with Crippen molar-refractivity contribution in [3.63, 3.8) is 0 Å². The van der Waals surface area contributed by atoms with E-state index in [-0.39, 0.29) is 24.1 Å². The number of aliphatic hydroxyl groups excluding tert-OH is 1. The highest BCUT2D eigenvalue weighted by molar-refractivity contribution is 5.92. The second-order valence-electron chi connectivity index (χ2n) is 3.54. The van der Waals surface area contributed by atoms with Crippen LogP contribution in [0.5, 0.6) is 0 Å². The van der Waals surface area contributed by atoms with Gasteiger partial charge < -0.3 is 10.4 Å². The van der Waals surface area contributed by atoms with Crippen LogP contribution in [-0.4, -0.2) is 29.1 Å². The topological polar surface area (TPSA) is 86.0 Å². The summed E-state index contributed by atoms with van der Waals surface area (Å²) in [5.41, 5.74) is 0.685. The van der Waals surface area contributed by atoms with Crippen molar-refractivity contribution in [3.05, 3.63) is 29.6 Å². The number of aliphatic hydroxyl groups is 1. The molecular formula is C11H13N3O2. The van der Waals surface area contributed by atoms with E-state index >= 15 is 0 Å². The summed E-state index contributed by atoms with van der Waals surface area (Å²) in [5, 5.41) is 20.0. The fourth-order valence-electron chi connectivity index (χ4n) is 1.02. The third kappa shape index (κ3) is 3.33. The first-order valence-electron chi connectivity index (χ1n) is 4.92. The maximum Gasteiger partial charge on any atom is 0.269 e. The lowest BCUT2D eigenvalue weighted by Crippen LogP contribution is -2.30. The van der Waals surface area contributed by atoms with Gasteiger partial charge in [-0.15, -0.1) is 0 Å². The molecule has 5 heteroatoms. The van der Waals surface area contributed by atoms with E-state index in [0.717, 1.165) is 0 Å². The lowest BCUT2D eigenvalue weighted by atomic mass is 10.2. The lowest BCUT2D eigenvalue weighted by molar-refractivity contribution is 0.0937. The smallest absolute Gasteiger partial charge is 0.269 e. The summed E-state index contributed by atoms with van der Waals surface area (Å²) in [6.07, 6.45) is 1.35. The molecule has 0 saturated heterocycles. The highest BCUT2D eigenvalue weighted by Crippen LogP contribution is 1.99. The molecule has 5 nitrogen and oxygen atoms in total. The Morgan fingerprint density at radius 1 is 1.69 bits per heavy atom. The number of carbonyl (C=O) groups excluding carboxylic acids is 1. The number of rotatable bonds is 4. The number of pyridine rings is 1. The third-order valence-electron chi connectivity index (χ3n) is 2.05. The van der Waals surface area contributed by atoms with Gasteiger partial charge in [-0.05, 0) is 18.1 Å². The molecule has 1 aromatic heterocycles. The fraction of sp³-hybridized carbons (Fsp3) is 0.364. The third-order valence-corrected chi connectivity index (χ3v) is 2.05. The molecule has 0 aliphatic carbocycles. The van der Waals surface area contributed by atoms with Crippen LogP contribution in [0.15, 0.2) is 18.3 Å². The molecule has 2 N–H and O–H groups in total. The SMILES string of the molecule is CC(CO)CNC(=O)c1ccc(C#N)cn1. The Bertz CT molecular complexity index is 395. The first-order chi connectivity index (χ1) is 7.67. The molecule has 0 aromatic carbocycles. The van der Waals surface area contributed by atoms with Crippen molar-refractivity contribution < 1.29 is 9.90 Å². The van der Waals surface area contributed by atoms with E-state index in [1.807, 2.05) is 13.0 Å². The molecule has 1 amide bonds. The summed E-state index contributed by atoms with van der Waals surface area (Å²) < 4.78 is 0. The van der Waals surface area contributed by atoms with E-state index in [2.05, 4.69) is 10.3 Å². The minimum atomic E-state index is -0.301. The fourth-order valence-corrected chi connectivity index (χ4v) is 1.02. The molecule has 1 aromatic rings. The summed E-state index contributed by atoms with van der Waals surface area (Å²) in [6, 6.07) is 4.96.